The van der Waals surface area contributed by atoms with Gasteiger partial charge in [0.2, 0.25) is 0 Å². The summed E-state index contributed by atoms with van der Waals surface area (Å²) < 4.78 is 5.58. The molecular formula is C16H24N2O. The third-order valence-electron chi connectivity index (χ3n) is 4.47. The first kappa shape index (κ1) is 12.9. The van der Waals surface area contributed by atoms with Gasteiger partial charge >= 0.3 is 0 Å². The van der Waals surface area contributed by atoms with Crippen molar-refractivity contribution in [2.45, 2.75) is 25.7 Å². The molecule has 1 N–H and O–H groups in total. The van der Waals surface area contributed by atoms with Crippen molar-refractivity contribution in [3.8, 4) is 5.75 Å². The second-order valence-corrected chi connectivity index (χ2v) is 5.58. The first-order valence-corrected chi connectivity index (χ1v) is 7.49. The lowest BCUT2D eigenvalue weighted by molar-refractivity contribution is 0.243. The van der Waals surface area contributed by atoms with Gasteiger partial charge in [0.25, 0.3) is 0 Å². The Morgan fingerprint density at radius 1 is 1.21 bits per heavy atom. The van der Waals surface area contributed by atoms with E-state index in [2.05, 4.69) is 22.3 Å². The lowest BCUT2D eigenvalue weighted by atomic mass is 9.99. The van der Waals surface area contributed by atoms with Crippen molar-refractivity contribution in [2.24, 2.45) is 0 Å². The molecule has 0 aromatic heterocycles. The number of methoxy groups -OCH3 is 1. The third kappa shape index (κ3) is 2.77. The lowest BCUT2D eigenvalue weighted by Crippen LogP contribution is -2.44. The fourth-order valence-corrected chi connectivity index (χ4v) is 3.39. The molecule has 1 aliphatic carbocycles. The smallest absolute Gasteiger partial charge is 0.122 e. The molecule has 1 saturated heterocycles. The van der Waals surface area contributed by atoms with E-state index in [1.165, 1.54) is 37.9 Å². The summed E-state index contributed by atoms with van der Waals surface area (Å²) in [4.78, 5) is 2.56. The van der Waals surface area contributed by atoms with Crippen LogP contribution in [0.5, 0.6) is 5.75 Å². The zero-order valence-corrected chi connectivity index (χ0v) is 11.9. The summed E-state index contributed by atoms with van der Waals surface area (Å²) in [6.07, 6.45) is 4.93. The van der Waals surface area contributed by atoms with Crippen molar-refractivity contribution in [1.29, 1.82) is 0 Å². The molecule has 0 bridgehead atoms. The minimum atomic E-state index is 1.09. The van der Waals surface area contributed by atoms with Crippen LogP contribution in [0.2, 0.25) is 0 Å². The second-order valence-electron chi connectivity index (χ2n) is 5.58. The number of rotatable bonds is 4. The van der Waals surface area contributed by atoms with Gasteiger partial charge in [0.15, 0.2) is 0 Å². The zero-order chi connectivity index (χ0) is 13.1. The number of aryl methyl sites for hydroxylation is 1. The molecule has 0 amide bonds. The van der Waals surface area contributed by atoms with Crippen LogP contribution < -0.4 is 10.1 Å². The van der Waals surface area contributed by atoms with Crippen LogP contribution in [0.3, 0.4) is 0 Å². The summed E-state index contributed by atoms with van der Waals surface area (Å²) in [7, 11) is 1.80. The number of fused-ring (bicyclic) bond motifs is 1. The number of benzene rings is 1. The van der Waals surface area contributed by atoms with E-state index < -0.39 is 0 Å². The van der Waals surface area contributed by atoms with Gasteiger partial charge in [-0.1, -0.05) is 6.07 Å². The predicted molar refractivity (Wildman–Crippen MR) is 78.0 cm³/mol. The molecule has 0 radical (unpaired) electrons. The van der Waals surface area contributed by atoms with Gasteiger partial charge in [-0.3, -0.25) is 0 Å². The highest BCUT2D eigenvalue weighted by molar-refractivity contribution is 5.47. The van der Waals surface area contributed by atoms with Crippen LogP contribution in [-0.2, 0) is 19.3 Å². The first-order valence-electron chi connectivity index (χ1n) is 7.49. The van der Waals surface area contributed by atoms with E-state index in [0.717, 1.165) is 31.8 Å². The van der Waals surface area contributed by atoms with Gasteiger partial charge in [-0.15, -0.1) is 0 Å². The SMILES string of the molecule is COc1ccc2c(c1CCN1CCNCC1)CCC2. The third-order valence-corrected chi connectivity index (χ3v) is 4.47. The molecule has 1 heterocycles. The molecular weight excluding hydrogens is 236 g/mol. The maximum atomic E-state index is 5.58. The molecule has 1 aromatic rings. The van der Waals surface area contributed by atoms with Crippen LogP contribution in [0.25, 0.3) is 0 Å². The molecule has 1 fully saturated rings. The number of nitrogens with zero attached hydrogens (tertiary/aromatic N) is 1. The van der Waals surface area contributed by atoms with Gasteiger partial charge in [0.05, 0.1) is 7.11 Å². The van der Waals surface area contributed by atoms with Crippen LogP contribution in [0.1, 0.15) is 23.1 Å². The number of hydrogen-bond donors (Lipinski definition) is 1. The highest BCUT2D eigenvalue weighted by Gasteiger charge is 2.19. The summed E-state index contributed by atoms with van der Waals surface area (Å²) in [6, 6.07) is 4.42. The minimum absolute atomic E-state index is 1.09. The van der Waals surface area contributed by atoms with Gasteiger partial charge in [-0.25, -0.2) is 0 Å². The molecule has 1 aromatic carbocycles. The van der Waals surface area contributed by atoms with Crippen molar-refractivity contribution in [2.75, 3.05) is 39.8 Å². The maximum Gasteiger partial charge on any atom is 0.122 e. The predicted octanol–water partition coefficient (Wildman–Crippen LogP) is 1.63. The van der Waals surface area contributed by atoms with Crippen molar-refractivity contribution in [3.63, 3.8) is 0 Å². The number of hydrogen-bond acceptors (Lipinski definition) is 3. The van der Waals surface area contributed by atoms with Crippen molar-refractivity contribution >= 4 is 0 Å². The van der Waals surface area contributed by atoms with Crippen LogP contribution in [0.4, 0.5) is 0 Å². The highest BCUT2D eigenvalue weighted by atomic mass is 16.5. The molecule has 2 aliphatic rings. The Labute approximate surface area is 115 Å². The fourth-order valence-electron chi connectivity index (χ4n) is 3.39. The van der Waals surface area contributed by atoms with Crippen LogP contribution in [0.15, 0.2) is 12.1 Å². The topological polar surface area (TPSA) is 24.5 Å². The Kier molecular flexibility index (Phi) is 4.04. The minimum Gasteiger partial charge on any atom is -0.496 e. The van der Waals surface area contributed by atoms with Crippen LogP contribution in [-0.4, -0.2) is 44.7 Å². The van der Waals surface area contributed by atoms with Gasteiger partial charge in [0, 0.05) is 32.7 Å². The standard InChI is InChI=1S/C16H24N2O/c1-19-16-6-5-13-3-2-4-14(13)15(16)7-10-18-11-8-17-9-12-18/h5-6,17H,2-4,7-12H2,1H3. The first-order chi connectivity index (χ1) is 9.38. The molecule has 3 rings (SSSR count). The molecule has 0 spiro atoms. The Bertz CT molecular complexity index is 439. The van der Waals surface area contributed by atoms with E-state index in [1.807, 2.05) is 0 Å². The summed E-state index contributed by atoms with van der Waals surface area (Å²) in [5, 5.41) is 3.41. The van der Waals surface area contributed by atoms with E-state index >= 15 is 0 Å². The van der Waals surface area contributed by atoms with Crippen molar-refractivity contribution < 1.29 is 4.74 Å². The van der Waals surface area contributed by atoms with Gasteiger partial charge < -0.3 is 15.0 Å². The summed E-state index contributed by atoms with van der Waals surface area (Å²) >= 11 is 0. The molecule has 0 atom stereocenters. The average Bonchev–Trinajstić information content (AvgIpc) is 2.94. The number of piperazine rings is 1. The maximum absolute atomic E-state index is 5.58. The largest absolute Gasteiger partial charge is 0.496 e. The molecule has 19 heavy (non-hydrogen) atoms. The molecule has 1 aliphatic heterocycles. The monoisotopic (exact) mass is 260 g/mol. The Balaban J connectivity index is 1.73. The van der Waals surface area contributed by atoms with E-state index in [0.29, 0.717) is 0 Å². The van der Waals surface area contributed by atoms with Crippen LogP contribution >= 0.6 is 0 Å². The summed E-state index contributed by atoms with van der Waals surface area (Å²) in [6.45, 7) is 5.78. The van der Waals surface area contributed by atoms with Gasteiger partial charge in [-0.05, 0) is 48.4 Å². The Morgan fingerprint density at radius 2 is 2.05 bits per heavy atom. The normalized spacial score (nSPS) is 19.4. The molecule has 3 nitrogen and oxygen atoms in total. The van der Waals surface area contributed by atoms with Crippen molar-refractivity contribution in [1.82, 2.24) is 10.2 Å². The summed E-state index contributed by atoms with van der Waals surface area (Å²) in [5.41, 5.74) is 4.60. The number of nitrogens with one attached hydrogen (secondary N) is 1. The average molecular weight is 260 g/mol. The molecule has 3 heteroatoms. The lowest BCUT2D eigenvalue weighted by Gasteiger charge is -2.27. The molecule has 0 unspecified atom stereocenters. The van der Waals surface area contributed by atoms with E-state index in [-0.39, 0.29) is 0 Å². The quantitative estimate of drug-likeness (QED) is 0.890. The van der Waals surface area contributed by atoms with Gasteiger partial charge in [0.1, 0.15) is 5.75 Å². The van der Waals surface area contributed by atoms with Gasteiger partial charge in [-0.2, -0.15) is 0 Å². The Hall–Kier alpha value is -1.06. The van der Waals surface area contributed by atoms with E-state index in [4.69, 9.17) is 4.74 Å². The zero-order valence-electron chi connectivity index (χ0n) is 11.9. The fraction of sp³-hybridized carbons (Fsp3) is 0.625. The second kappa shape index (κ2) is 5.93. The summed E-state index contributed by atoms with van der Waals surface area (Å²) in [5.74, 6) is 1.09. The molecule has 0 saturated carbocycles. The van der Waals surface area contributed by atoms with Crippen LogP contribution in [0, 0.1) is 0 Å². The highest BCUT2D eigenvalue weighted by Crippen LogP contribution is 2.32. The van der Waals surface area contributed by atoms with E-state index in [9.17, 15) is 0 Å². The molecule has 104 valence electrons. The number of ether oxygens (including phenoxy) is 1. The van der Waals surface area contributed by atoms with E-state index in [1.54, 1.807) is 18.2 Å². The Morgan fingerprint density at radius 3 is 2.84 bits per heavy atom. The van der Waals surface area contributed by atoms with Crippen molar-refractivity contribution in [3.05, 3.63) is 28.8 Å².